The molecule has 26 heavy (non-hydrogen) atoms. The van der Waals surface area contributed by atoms with Crippen molar-refractivity contribution in [1.29, 1.82) is 0 Å². The van der Waals surface area contributed by atoms with Crippen LogP contribution >= 0.6 is 24.0 Å². The molecule has 2 aliphatic heterocycles. The third kappa shape index (κ3) is 6.78. The number of rotatable bonds is 6. The minimum absolute atomic E-state index is 0. The zero-order valence-electron chi connectivity index (χ0n) is 16.0. The minimum Gasteiger partial charge on any atom is -0.379 e. The number of hydrogen-bond acceptors (Lipinski definition) is 5. The lowest BCUT2D eigenvalue weighted by molar-refractivity contribution is -0.190. The van der Waals surface area contributed by atoms with Crippen LogP contribution in [0.25, 0.3) is 0 Å². The van der Waals surface area contributed by atoms with E-state index in [-0.39, 0.29) is 35.9 Å². The predicted molar refractivity (Wildman–Crippen MR) is 113 cm³/mol. The molecule has 2 saturated heterocycles. The average Bonchev–Trinajstić information content (AvgIpc) is 3.04. The highest BCUT2D eigenvalue weighted by Crippen LogP contribution is 2.39. The molecule has 8 heteroatoms. The van der Waals surface area contributed by atoms with E-state index in [0.717, 1.165) is 64.6 Å². The van der Waals surface area contributed by atoms with Gasteiger partial charge < -0.3 is 25.3 Å². The minimum atomic E-state index is -0.340. The number of aliphatic imine (C=N–C) groups is 1. The van der Waals surface area contributed by atoms with Crippen molar-refractivity contribution in [1.82, 2.24) is 10.2 Å². The summed E-state index contributed by atoms with van der Waals surface area (Å²) in [6.07, 6.45) is 5.46. The van der Waals surface area contributed by atoms with Crippen LogP contribution in [0.5, 0.6) is 0 Å². The van der Waals surface area contributed by atoms with E-state index in [4.69, 9.17) is 19.9 Å². The molecule has 152 valence electrons. The van der Waals surface area contributed by atoms with Crippen LogP contribution in [0.3, 0.4) is 0 Å². The number of nitrogens with zero attached hydrogens (tertiary/aromatic N) is 2. The molecular weight excluding hydrogens is 447 g/mol. The van der Waals surface area contributed by atoms with Crippen LogP contribution in [-0.2, 0) is 14.2 Å². The first-order chi connectivity index (χ1) is 12.2. The molecule has 1 saturated carbocycles. The second-order valence-electron chi connectivity index (χ2n) is 7.60. The zero-order valence-corrected chi connectivity index (χ0v) is 18.3. The molecule has 2 heterocycles. The number of halogens is 1. The van der Waals surface area contributed by atoms with Crippen LogP contribution in [0.15, 0.2) is 4.99 Å². The maximum atomic E-state index is 6.16. The second-order valence-corrected chi connectivity index (χ2v) is 7.60. The zero-order chi connectivity index (χ0) is 17.5. The molecule has 0 aromatic heterocycles. The molecule has 7 nitrogen and oxygen atoms in total. The van der Waals surface area contributed by atoms with Gasteiger partial charge in [0.25, 0.3) is 0 Å². The smallest absolute Gasteiger partial charge is 0.188 e. The van der Waals surface area contributed by atoms with Gasteiger partial charge in [0.15, 0.2) is 11.7 Å². The number of guanidine groups is 1. The summed E-state index contributed by atoms with van der Waals surface area (Å²) in [6.45, 7) is 9.17. The first-order valence-electron chi connectivity index (χ1n) is 9.81. The summed E-state index contributed by atoms with van der Waals surface area (Å²) in [5, 5.41) is 3.20. The molecule has 1 unspecified atom stereocenters. The molecule has 1 atom stereocenters. The first kappa shape index (κ1) is 22.1. The monoisotopic (exact) mass is 482 g/mol. The standard InChI is InChI=1S/C18H34N4O3.HI/c1-15-3-5-18(6-4-15)24-14-16(25-18)13-21-17(19)20-7-2-8-22-9-11-23-12-10-22;/h15-16H,2-14H2,1H3,(H3,19,20,21);1H. The van der Waals surface area contributed by atoms with Gasteiger partial charge in [0.1, 0.15) is 6.10 Å². The van der Waals surface area contributed by atoms with E-state index in [2.05, 4.69) is 22.1 Å². The molecule has 1 spiro atoms. The van der Waals surface area contributed by atoms with Crippen molar-refractivity contribution in [3.63, 3.8) is 0 Å². The summed E-state index contributed by atoms with van der Waals surface area (Å²) in [4.78, 5) is 6.85. The van der Waals surface area contributed by atoms with E-state index in [1.807, 2.05) is 0 Å². The molecule has 3 aliphatic rings. The van der Waals surface area contributed by atoms with E-state index in [1.165, 1.54) is 12.8 Å². The fourth-order valence-electron chi connectivity index (χ4n) is 3.77. The highest BCUT2D eigenvalue weighted by Gasteiger charge is 2.43. The molecule has 0 aromatic carbocycles. The summed E-state index contributed by atoms with van der Waals surface area (Å²) in [5.74, 6) is 0.948. The van der Waals surface area contributed by atoms with Gasteiger partial charge in [0.2, 0.25) is 0 Å². The third-order valence-corrected chi connectivity index (χ3v) is 5.48. The van der Waals surface area contributed by atoms with Crippen LogP contribution in [0.4, 0.5) is 0 Å². The van der Waals surface area contributed by atoms with Crippen molar-refractivity contribution < 1.29 is 14.2 Å². The number of hydrogen-bond donors (Lipinski definition) is 2. The summed E-state index contributed by atoms with van der Waals surface area (Å²) in [5.41, 5.74) is 5.97. The van der Waals surface area contributed by atoms with Crippen molar-refractivity contribution >= 4 is 29.9 Å². The van der Waals surface area contributed by atoms with Crippen LogP contribution < -0.4 is 11.1 Å². The highest BCUT2D eigenvalue weighted by molar-refractivity contribution is 14.0. The van der Waals surface area contributed by atoms with Gasteiger partial charge in [-0.3, -0.25) is 9.89 Å². The Morgan fingerprint density at radius 1 is 1.27 bits per heavy atom. The molecule has 0 amide bonds. The highest BCUT2D eigenvalue weighted by atomic mass is 127. The van der Waals surface area contributed by atoms with Crippen LogP contribution in [0.1, 0.15) is 39.0 Å². The van der Waals surface area contributed by atoms with Gasteiger partial charge >= 0.3 is 0 Å². The third-order valence-electron chi connectivity index (χ3n) is 5.48. The van der Waals surface area contributed by atoms with E-state index in [1.54, 1.807) is 0 Å². The Hall–Kier alpha value is -0.160. The molecular formula is C18H35IN4O3. The Bertz CT molecular complexity index is 438. The van der Waals surface area contributed by atoms with Crippen molar-refractivity contribution in [2.24, 2.45) is 16.6 Å². The van der Waals surface area contributed by atoms with Gasteiger partial charge in [-0.2, -0.15) is 0 Å². The number of morpholine rings is 1. The van der Waals surface area contributed by atoms with Crippen LogP contribution in [-0.4, -0.2) is 75.3 Å². The Labute approximate surface area is 174 Å². The Morgan fingerprint density at radius 2 is 2.00 bits per heavy atom. The number of nitrogens with two attached hydrogens (primary N) is 1. The van der Waals surface area contributed by atoms with Gasteiger partial charge in [-0.25, -0.2) is 0 Å². The normalized spacial score (nSPS) is 33.2. The lowest BCUT2D eigenvalue weighted by Gasteiger charge is -2.34. The molecule has 1 aliphatic carbocycles. The number of nitrogens with one attached hydrogen (secondary N) is 1. The molecule has 0 aromatic rings. The predicted octanol–water partition coefficient (Wildman–Crippen LogP) is 1.55. The van der Waals surface area contributed by atoms with E-state index < -0.39 is 0 Å². The summed E-state index contributed by atoms with van der Waals surface area (Å²) in [7, 11) is 0. The first-order valence-corrected chi connectivity index (χ1v) is 9.81. The van der Waals surface area contributed by atoms with Gasteiger partial charge in [-0.15, -0.1) is 24.0 Å². The Morgan fingerprint density at radius 3 is 2.73 bits per heavy atom. The molecule has 3 fully saturated rings. The van der Waals surface area contributed by atoms with Crippen LogP contribution in [0, 0.1) is 5.92 Å². The van der Waals surface area contributed by atoms with Gasteiger partial charge in [-0.05, 0) is 31.7 Å². The maximum absolute atomic E-state index is 6.16. The Balaban J connectivity index is 0.00000243. The lowest BCUT2D eigenvalue weighted by Crippen LogP contribution is -2.39. The van der Waals surface area contributed by atoms with E-state index >= 15 is 0 Å². The fraction of sp³-hybridized carbons (Fsp3) is 0.944. The average molecular weight is 482 g/mol. The Kier molecular flexibility index (Phi) is 9.36. The van der Waals surface area contributed by atoms with E-state index in [0.29, 0.717) is 19.1 Å². The molecule has 0 radical (unpaired) electrons. The van der Waals surface area contributed by atoms with Crippen molar-refractivity contribution in [2.75, 3.05) is 52.5 Å². The van der Waals surface area contributed by atoms with Crippen molar-refractivity contribution in [3.05, 3.63) is 0 Å². The van der Waals surface area contributed by atoms with Gasteiger partial charge in [0, 0.05) is 32.5 Å². The summed E-state index contributed by atoms with van der Waals surface area (Å²) >= 11 is 0. The fourth-order valence-corrected chi connectivity index (χ4v) is 3.77. The van der Waals surface area contributed by atoms with E-state index in [9.17, 15) is 0 Å². The van der Waals surface area contributed by atoms with Crippen molar-refractivity contribution in [3.8, 4) is 0 Å². The second kappa shape index (κ2) is 11.0. The topological polar surface area (TPSA) is 81.3 Å². The lowest BCUT2D eigenvalue weighted by atomic mass is 9.86. The summed E-state index contributed by atoms with van der Waals surface area (Å²) in [6, 6.07) is 0. The van der Waals surface area contributed by atoms with Gasteiger partial charge in [-0.1, -0.05) is 6.92 Å². The van der Waals surface area contributed by atoms with Crippen molar-refractivity contribution in [2.45, 2.75) is 50.9 Å². The quantitative estimate of drug-likeness (QED) is 0.259. The molecule has 3 N–H and O–H groups in total. The molecule has 3 rings (SSSR count). The largest absolute Gasteiger partial charge is 0.379 e. The maximum Gasteiger partial charge on any atom is 0.188 e. The summed E-state index contributed by atoms with van der Waals surface area (Å²) < 4.78 is 17.5. The van der Waals surface area contributed by atoms with Crippen LogP contribution in [0.2, 0.25) is 0 Å². The SMILES string of the molecule is CC1CCC2(CC1)OCC(CN=C(N)NCCCN1CCOCC1)O2.I. The number of ether oxygens (including phenoxy) is 3. The van der Waals surface area contributed by atoms with Gasteiger partial charge in [0.05, 0.1) is 26.4 Å². The molecule has 0 bridgehead atoms.